The molecule has 1 aliphatic carbocycles. The summed E-state index contributed by atoms with van der Waals surface area (Å²) in [5, 5.41) is 13.2. The first-order valence-corrected chi connectivity index (χ1v) is 6.57. The molecule has 0 aromatic carbocycles. The van der Waals surface area contributed by atoms with Crippen molar-refractivity contribution in [1.82, 2.24) is 10.6 Å². The number of alkyl halides is 3. The van der Waals surface area contributed by atoms with Crippen LogP contribution in [0.2, 0.25) is 0 Å². The van der Waals surface area contributed by atoms with Gasteiger partial charge in [-0.15, -0.1) is 0 Å². The number of carbonyl (C=O) groups excluding carboxylic acids is 1. The van der Waals surface area contributed by atoms with Crippen molar-refractivity contribution in [3.8, 4) is 0 Å². The standard InChI is InChI=1S/C12H19F3N2O3/c13-12(14,15)8-17-10(20)16-7-11(9(18)19)5-3-1-2-4-6-11/h1-8H2,(H,18,19)(H2,16,17,20). The third kappa shape index (κ3) is 5.26. The molecular formula is C12H19F3N2O3. The van der Waals surface area contributed by atoms with Crippen molar-refractivity contribution in [1.29, 1.82) is 0 Å². The minimum atomic E-state index is -4.48. The fourth-order valence-electron chi connectivity index (χ4n) is 2.36. The Morgan fingerprint density at radius 2 is 1.60 bits per heavy atom. The number of amides is 2. The molecule has 8 heteroatoms. The number of nitrogens with one attached hydrogen (secondary N) is 2. The van der Waals surface area contributed by atoms with Crippen LogP contribution in [0.25, 0.3) is 0 Å². The summed E-state index contributed by atoms with van der Waals surface area (Å²) in [6, 6.07) is -0.993. The minimum absolute atomic E-state index is 0.147. The molecule has 2 amide bonds. The lowest BCUT2D eigenvalue weighted by Crippen LogP contribution is -2.47. The Morgan fingerprint density at radius 3 is 2.05 bits per heavy atom. The van der Waals surface area contributed by atoms with Gasteiger partial charge in [0.25, 0.3) is 0 Å². The highest BCUT2D eigenvalue weighted by Crippen LogP contribution is 2.34. The average molecular weight is 296 g/mol. The van der Waals surface area contributed by atoms with Gasteiger partial charge in [-0.2, -0.15) is 13.2 Å². The molecule has 0 unspecified atom stereocenters. The Bertz CT molecular complexity index is 350. The molecule has 1 aliphatic rings. The molecule has 1 fully saturated rings. The summed E-state index contributed by atoms with van der Waals surface area (Å²) in [4.78, 5) is 22.7. The second-order valence-electron chi connectivity index (χ2n) is 5.15. The van der Waals surface area contributed by atoms with Crippen LogP contribution in [-0.2, 0) is 4.79 Å². The predicted octanol–water partition coefficient (Wildman–Crippen LogP) is 2.27. The topological polar surface area (TPSA) is 78.4 Å². The van der Waals surface area contributed by atoms with Crippen molar-refractivity contribution >= 4 is 12.0 Å². The Hall–Kier alpha value is -1.47. The quantitative estimate of drug-likeness (QED) is 0.696. The van der Waals surface area contributed by atoms with Gasteiger partial charge in [-0.1, -0.05) is 25.7 Å². The molecule has 5 nitrogen and oxygen atoms in total. The van der Waals surface area contributed by atoms with E-state index in [4.69, 9.17) is 0 Å². The maximum Gasteiger partial charge on any atom is 0.405 e. The Labute approximate surface area is 114 Å². The first kappa shape index (κ1) is 16.6. The van der Waals surface area contributed by atoms with Crippen LogP contribution >= 0.6 is 0 Å². The zero-order valence-electron chi connectivity index (χ0n) is 11.1. The van der Waals surface area contributed by atoms with Crippen LogP contribution in [-0.4, -0.2) is 36.4 Å². The average Bonchev–Trinajstić information content (AvgIpc) is 2.59. The fraction of sp³-hybridized carbons (Fsp3) is 0.833. The van der Waals surface area contributed by atoms with Crippen LogP contribution in [0.4, 0.5) is 18.0 Å². The molecule has 0 bridgehead atoms. The molecule has 0 radical (unpaired) electrons. The van der Waals surface area contributed by atoms with Gasteiger partial charge in [0.1, 0.15) is 6.54 Å². The van der Waals surface area contributed by atoms with Crippen LogP contribution in [0.3, 0.4) is 0 Å². The SMILES string of the molecule is O=C(NCC(F)(F)F)NCC1(C(=O)O)CCCCCC1. The number of hydrogen-bond donors (Lipinski definition) is 3. The van der Waals surface area contributed by atoms with Crippen molar-refractivity contribution in [2.24, 2.45) is 5.41 Å². The second-order valence-corrected chi connectivity index (χ2v) is 5.15. The molecule has 1 rings (SSSR count). The minimum Gasteiger partial charge on any atom is -0.481 e. The summed E-state index contributed by atoms with van der Waals surface area (Å²) in [7, 11) is 0. The lowest BCUT2D eigenvalue weighted by Gasteiger charge is -2.28. The lowest BCUT2D eigenvalue weighted by atomic mass is 9.80. The summed E-state index contributed by atoms with van der Waals surface area (Å²) in [6.45, 7) is -1.58. The van der Waals surface area contributed by atoms with Gasteiger partial charge in [0.15, 0.2) is 0 Å². The van der Waals surface area contributed by atoms with Crippen molar-refractivity contribution in [2.75, 3.05) is 13.1 Å². The first-order chi connectivity index (χ1) is 9.25. The van der Waals surface area contributed by atoms with Gasteiger partial charge in [0.2, 0.25) is 0 Å². The highest BCUT2D eigenvalue weighted by Gasteiger charge is 2.39. The third-order valence-corrected chi connectivity index (χ3v) is 3.55. The molecule has 0 aromatic heterocycles. The van der Waals surface area contributed by atoms with Gasteiger partial charge in [-0.05, 0) is 12.8 Å². The highest BCUT2D eigenvalue weighted by molar-refractivity contribution is 5.78. The zero-order chi connectivity index (χ0) is 15.2. The largest absolute Gasteiger partial charge is 0.481 e. The number of rotatable bonds is 4. The van der Waals surface area contributed by atoms with Gasteiger partial charge >= 0.3 is 18.2 Å². The van der Waals surface area contributed by atoms with E-state index in [0.717, 1.165) is 25.7 Å². The van der Waals surface area contributed by atoms with E-state index < -0.39 is 30.1 Å². The molecule has 0 atom stereocenters. The number of carboxylic acids is 1. The zero-order valence-corrected chi connectivity index (χ0v) is 11.1. The van der Waals surface area contributed by atoms with Crippen molar-refractivity contribution in [2.45, 2.75) is 44.7 Å². The van der Waals surface area contributed by atoms with Gasteiger partial charge < -0.3 is 15.7 Å². The molecular weight excluding hydrogens is 277 g/mol. The number of carbonyl (C=O) groups is 2. The lowest BCUT2D eigenvalue weighted by molar-refractivity contribution is -0.149. The smallest absolute Gasteiger partial charge is 0.405 e. The van der Waals surface area contributed by atoms with E-state index in [1.165, 1.54) is 0 Å². The molecule has 0 heterocycles. The molecule has 3 N–H and O–H groups in total. The second kappa shape index (κ2) is 6.81. The summed E-state index contributed by atoms with van der Waals surface area (Å²) in [5.74, 6) is -1.00. The molecule has 0 spiro atoms. The molecule has 0 aliphatic heterocycles. The van der Waals surface area contributed by atoms with E-state index in [1.54, 1.807) is 5.32 Å². The van der Waals surface area contributed by atoms with E-state index in [9.17, 15) is 27.9 Å². The summed E-state index contributed by atoms with van der Waals surface area (Å²) >= 11 is 0. The van der Waals surface area contributed by atoms with Gasteiger partial charge in [0, 0.05) is 6.54 Å². The Balaban J connectivity index is 2.50. The van der Waals surface area contributed by atoms with Crippen LogP contribution in [0.5, 0.6) is 0 Å². The number of halogens is 3. The third-order valence-electron chi connectivity index (χ3n) is 3.55. The number of hydrogen-bond acceptors (Lipinski definition) is 2. The van der Waals surface area contributed by atoms with Gasteiger partial charge in [0.05, 0.1) is 5.41 Å². The summed E-state index contributed by atoms with van der Waals surface area (Å²) in [5.41, 5.74) is -1.06. The molecule has 0 saturated heterocycles. The van der Waals surface area contributed by atoms with E-state index in [2.05, 4.69) is 5.32 Å². The first-order valence-electron chi connectivity index (χ1n) is 6.57. The number of aliphatic carboxylic acids is 1. The number of carboxylic acid groups (broad SMARTS) is 1. The maximum atomic E-state index is 11.9. The predicted molar refractivity (Wildman–Crippen MR) is 65.2 cm³/mol. The van der Waals surface area contributed by atoms with Gasteiger partial charge in [-0.3, -0.25) is 4.79 Å². The van der Waals surface area contributed by atoms with Crippen molar-refractivity contribution in [3.05, 3.63) is 0 Å². The number of urea groups is 1. The van der Waals surface area contributed by atoms with Gasteiger partial charge in [-0.25, -0.2) is 4.79 Å². The van der Waals surface area contributed by atoms with Crippen molar-refractivity contribution in [3.63, 3.8) is 0 Å². The van der Waals surface area contributed by atoms with Crippen LogP contribution < -0.4 is 10.6 Å². The molecule has 20 heavy (non-hydrogen) atoms. The summed E-state index contributed by atoms with van der Waals surface area (Å²) in [6.07, 6.45) is -0.241. The van der Waals surface area contributed by atoms with Crippen LogP contribution in [0.1, 0.15) is 38.5 Å². The van der Waals surface area contributed by atoms with E-state index in [-0.39, 0.29) is 6.54 Å². The van der Waals surface area contributed by atoms with E-state index in [1.807, 2.05) is 0 Å². The van der Waals surface area contributed by atoms with Crippen LogP contribution in [0.15, 0.2) is 0 Å². The normalized spacial score (nSPS) is 18.9. The molecule has 116 valence electrons. The summed E-state index contributed by atoms with van der Waals surface area (Å²) < 4.78 is 35.8. The monoisotopic (exact) mass is 296 g/mol. The fourth-order valence-corrected chi connectivity index (χ4v) is 2.36. The van der Waals surface area contributed by atoms with E-state index in [0.29, 0.717) is 12.8 Å². The Kier molecular flexibility index (Phi) is 5.64. The molecule has 1 saturated carbocycles. The van der Waals surface area contributed by atoms with E-state index >= 15 is 0 Å². The maximum absolute atomic E-state index is 11.9. The van der Waals surface area contributed by atoms with Crippen molar-refractivity contribution < 1.29 is 27.9 Å². The highest BCUT2D eigenvalue weighted by atomic mass is 19.4. The Morgan fingerprint density at radius 1 is 1.05 bits per heavy atom. The van der Waals surface area contributed by atoms with Crippen LogP contribution in [0, 0.1) is 5.41 Å². The molecule has 0 aromatic rings.